The van der Waals surface area contributed by atoms with Crippen molar-refractivity contribution in [2.24, 2.45) is 11.3 Å². The molecule has 0 spiro atoms. The summed E-state index contributed by atoms with van der Waals surface area (Å²) in [6.45, 7) is 10.2. The standard InChI is InChI=1S/C15H22N2O3S/c1-5-20-14(19)12-16-11(9-21-12)13(18)17-7-6-10(8-17)15(2,3)4/h9-10H,5-8H2,1-4H3. The number of rotatable bonds is 3. The maximum Gasteiger partial charge on any atom is 0.367 e. The molecular formula is C15H22N2O3S. The van der Waals surface area contributed by atoms with Crippen LogP contribution in [0.25, 0.3) is 0 Å². The van der Waals surface area contributed by atoms with Gasteiger partial charge in [-0.15, -0.1) is 11.3 Å². The fourth-order valence-electron chi connectivity index (χ4n) is 2.47. The number of nitrogens with zero attached hydrogens (tertiary/aromatic N) is 2. The van der Waals surface area contributed by atoms with E-state index < -0.39 is 5.97 Å². The monoisotopic (exact) mass is 310 g/mol. The summed E-state index contributed by atoms with van der Waals surface area (Å²) in [6.07, 6.45) is 1.02. The second-order valence-corrected chi connectivity index (χ2v) is 7.22. The van der Waals surface area contributed by atoms with E-state index in [1.54, 1.807) is 12.3 Å². The quantitative estimate of drug-likeness (QED) is 0.806. The maximum atomic E-state index is 12.4. The number of hydrogen-bond acceptors (Lipinski definition) is 5. The third kappa shape index (κ3) is 3.61. The summed E-state index contributed by atoms with van der Waals surface area (Å²) in [5, 5.41) is 1.88. The molecule has 0 bridgehead atoms. The molecule has 0 aromatic carbocycles. The first kappa shape index (κ1) is 15.9. The zero-order valence-electron chi connectivity index (χ0n) is 13.0. The Labute approximate surface area is 129 Å². The number of thiazole rings is 1. The molecule has 116 valence electrons. The van der Waals surface area contributed by atoms with E-state index in [4.69, 9.17) is 4.74 Å². The van der Waals surface area contributed by atoms with Crippen molar-refractivity contribution in [3.8, 4) is 0 Å². The van der Waals surface area contributed by atoms with Crippen molar-refractivity contribution in [2.75, 3.05) is 19.7 Å². The molecule has 0 radical (unpaired) electrons. The number of amides is 1. The lowest BCUT2D eigenvalue weighted by atomic mass is 9.80. The highest BCUT2D eigenvalue weighted by Gasteiger charge is 2.34. The van der Waals surface area contributed by atoms with Gasteiger partial charge in [0.05, 0.1) is 6.61 Å². The zero-order chi connectivity index (χ0) is 15.6. The molecule has 1 aliphatic rings. The summed E-state index contributed by atoms with van der Waals surface area (Å²) in [5.41, 5.74) is 0.547. The van der Waals surface area contributed by atoms with Crippen LogP contribution in [0.2, 0.25) is 0 Å². The first-order valence-corrected chi connectivity index (χ1v) is 8.12. The molecule has 1 aromatic heterocycles. The number of carbonyl (C=O) groups excluding carboxylic acids is 2. The third-order valence-electron chi connectivity index (χ3n) is 3.87. The van der Waals surface area contributed by atoms with Crippen LogP contribution in [0, 0.1) is 11.3 Å². The Morgan fingerprint density at radius 1 is 1.48 bits per heavy atom. The summed E-state index contributed by atoms with van der Waals surface area (Å²) >= 11 is 1.16. The molecule has 6 heteroatoms. The first-order valence-electron chi connectivity index (χ1n) is 7.25. The zero-order valence-corrected chi connectivity index (χ0v) is 13.8. The average Bonchev–Trinajstić information content (AvgIpc) is 3.07. The Balaban J connectivity index is 2.03. The van der Waals surface area contributed by atoms with E-state index in [0.717, 1.165) is 30.8 Å². The Morgan fingerprint density at radius 2 is 2.19 bits per heavy atom. The number of likely N-dealkylation sites (tertiary alicyclic amines) is 1. The second kappa shape index (κ2) is 6.13. The summed E-state index contributed by atoms with van der Waals surface area (Å²) in [6, 6.07) is 0. The van der Waals surface area contributed by atoms with Crippen LogP contribution in [-0.4, -0.2) is 41.5 Å². The van der Waals surface area contributed by atoms with Gasteiger partial charge in [0.25, 0.3) is 5.91 Å². The molecule has 2 rings (SSSR count). The third-order valence-corrected chi connectivity index (χ3v) is 4.70. The van der Waals surface area contributed by atoms with Gasteiger partial charge in [0.15, 0.2) is 0 Å². The second-order valence-electron chi connectivity index (χ2n) is 6.36. The largest absolute Gasteiger partial charge is 0.461 e. The summed E-state index contributed by atoms with van der Waals surface area (Å²) < 4.78 is 4.89. The van der Waals surface area contributed by atoms with Crippen molar-refractivity contribution >= 4 is 23.2 Å². The van der Waals surface area contributed by atoms with Crippen LogP contribution in [0.4, 0.5) is 0 Å². The van der Waals surface area contributed by atoms with Gasteiger partial charge in [-0.1, -0.05) is 20.8 Å². The molecule has 1 aromatic rings. The lowest BCUT2D eigenvalue weighted by molar-refractivity contribution is 0.0526. The van der Waals surface area contributed by atoms with Crippen molar-refractivity contribution in [1.29, 1.82) is 0 Å². The number of aromatic nitrogens is 1. The van der Waals surface area contributed by atoms with Gasteiger partial charge in [-0.2, -0.15) is 0 Å². The van der Waals surface area contributed by atoms with Crippen LogP contribution in [0.1, 0.15) is 54.4 Å². The van der Waals surface area contributed by atoms with Crippen LogP contribution in [0.5, 0.6) is 0 Å². The Hall–Kier alpha value is -1.43. The molecular weight excluding hydrogens is 288 g/mol. The highest BCUT2D eigenvalue weighted by Crippen LogP contribution is 2.34. The SMILES string of the molecule is CCOC(=O)c1nc(C(=O)N2CCC(C(C)(C)C)C2)cs1. The minimum absolute atomic E-state index is 0.0893. The summed E-state index contributed by atoms with van der Waals surface area (Å²) in [5.74, 6) is -0.0475. The van der Waals surface area contributed by atoms with E-state index in [1.165, 1.54) is 0 Å². The highest BCUT2D eigenvalue weighted by atomic mass is 32.1. The van der Waals surface area contributed by atoms with Crippen molar-refractivity contribution in [3.05, 3.63) is 16.1 Å². The van der Waals surface area contributed by atoms with E-state index in [9.17, 15) is 9.59 Å². The highest BCUT2D eigenvalue weighted by molar-refractivity contribution is 7.11. The molecule has 0 saturated carbocycles. The van der Waals surface area contributed by atoms with Crippen LogP contribution < -0.4 is 0 Å². The predicted octanol–water partition coefficient (Wildman–Crippen LogP) is 2.83. The van der Waals surface area contributed by atoms with E-state index in [-0.39, 0.29) is 16.3 Å². The van der Waals surface area contributed by atoms with Crippen LogP contribution >= 0.6 is 11.3 Å². The van der Waals surface area contributed by atoms with Gasteiger partial charge in [0.1, 0.15) is 5.69 Å². The van der Waals surface area contributed by atoms with Gasteiger partial charge in [0.2, 0.25) is 5.01 Å². The van der Waals surface area contributed by atoms with Crippen molar-refractivity contribution in [2.45, 2.75) is 34.1 Å². The lowest BCUT2D eigenvalue weighted by Crippen LogP contribution is -2.31. The van der Waals surface area contributed by atoms with Crippen LogP contribution in [0.3, 0.4) is 0 Å². The molecule has 1 fully saturated rings. The fraction of sp³-hybridized carbons (Fsp3) is 0.667. The first-order chi connectivity index (χ1) is 9.82. The predicted molar refractivity (Wildman–Crippen MR) is 81.5 cm³/mol. The maximum absolute atomic E-state index is 12.4. The Kier molecular flexibility index (Phi) is 4.66. The molecule has 21 heavy (non-hydrogen) atoms. The van der Waals surface area contributed by atoms with Gasteiger partial charge in [0, 0.05) is 18.5 Å². The van der Waals surface area contributed by atoms with Gasteiger partial charge >= 0.3 is 5.97 Å². The van der Waals surface area contributed by atoms with E-state index in [2.05, 4.69) is 25.8 Å². The Morgan fingerprint density at radius 3 is 2.76 bits per heavy atom. The van der Waals surface area contributed by atoms with E-state index >= 15 is 0 Å². The smallest absolute Gasteiger partial charge is 0.367 e. The van der Waals surface area contributed by atoms with E-state index in [1.807, 2.05) is 4.90 Å². The molecule has 1 aliphatic heterocycles. The lowest BCUT2D eigenvalue weighted by Gasteiger charge is -2.26. The number of carbonyl (C=O) groups is 2. The molecule has 1 amide bonds. The minimum Gasteiger partial charge on any atom is -0.461 e. The Bertz CT molecular complexity index is 533. The van der Waals surface area contributed by atoms with Crippen molar-refractivity contribution in [3.63, 3.8) is 0 Å². The molecule has 2 heterocycles. The molecule has 5 nitrogen and oxygen atoms in total. The van der Waals surface area contributed by atoms with Crippen LogP contribution in [-0.2, 0) is 4.74 Å². The average molecular weight is 310 g/mol. The van der Waals surface area contributed by atoms with Crippen molar-refractivity contribution < 1.29 is 14.3 Å². The molecule has 1 unspecified atom stereocenters. The topological polar surface area (TPSA) is 59.5 Å². The molecule has 0 N–H and O–H groups in total. The normalized spacial score (nSPS) is 18.9. The van der Waals surface area contributed by atoms with Gasteiger partial charge in [-0.05, 0) is 24.7 Å². The van der Waals surface area contributed by atoms with Crippen LogP contribution in [0.15, 0.2) is 5.38 Å². The van der Waals surface area contributed by atoms with Gasteiger partial charge < -0.3 is 9.64 Å². The molecule has 1 atom stereocenters. The summed E-state index contributed by atoms with van der Waals surface area (Å²) in [4.78, 5) is 30.0. The number of hydrogen-bond donors (Lipinski definition) is 0. The van der Waals surface area contributed by atoms with Gasteiger partial charge in [-0.25, -0.2) is 9.78 Å². The van der Waals surface area contributed by atoms with Gasteiger partial charge in [-0.3, -0.25) is 4.79 Å². The van der Waals surface area contributed by atoms with Crippen molar-refractivity contribution in [1.82, 2.24) is 9.88 Å². The summed E-state index contributed by atoms with van der Waals surface area (Å²) in [7, 11) is 0. The molecule has 1 saturated heterocycles. The molecule has 0 aliphatic carbocycles. The number of esters is 1. The minimum atomic E-state index is -0.462. The van der Waals surface area contributed by atoms with E-state index in [0.29, 0.717) is 18.2 Å². The fourth-order valence-corrected chi connectivity index (χ4v) is 3.16. The number of ether oxygens (including phenoxy) is 1.